The van der Waals surface area contributed by atoms with Crippen molar-refractivity contribution in [2.75, 3.05) is 0 Å². The molecule has 3 aromatic carbocycles. The first kappa shape index (κ1) is 18.9. The highest BCUT2D eigenvalue weighted by Gasteiger charge is 2.18. The van der Waals surface area contributed by atoms with Crippen molar-refractivity contribution in [1.29, 1.82) is 0 Å². The van der Waals surface area contributed by atoms with E-state index in [2.05, 4.69) is 10.1 Å². The van der Waals surface area contributed by atoms with E-state index in [1.165, 1.54) is 9.08 Å². The molecule has 0 amide bonds. The summed E-state index contributed by atoms with van der Waals surface area (Å²) in [7, 11) is 0. The number of nitrogens with zero attached hydrogens (tertiary/aromatic N) is 4. The molecule has 0 spiro atoms. The summed E-state index contributed by atoms with van der Waals surface area (Å²) < 4.78 is 2.77. The molecular weight excluding hydrogens is 388 g/mol. The second-order valence-corrected chi connectivity index (χ2v) is 7.72. The summed E-state index contributed by atoms with van der Waals surface area (Å²) in [6.07, 6.45) is 0. The Morgan fingerprint density at radius 2 is 1.68 bits per heavy atom. The van der Waals surface area contributed by atoms with Gasteiger partial charge in [0.15, 0.2) is 17.3 Å². The average molecular weight is 408 g/mol. The zero-order valence-electron chi connectivity index (χ0n) is 17.2. The summed E-state index contributed by atoms with van der Waals surface area (Å²) in [5.41, 5.74) is 4.32. The van der Waals surface area contributed by atoms with E-state index < -0.39 is 0 Å². The smallest absolute Gasteiger partial charge is 0.292 e. The molecule has 6 heteroatoms. The molecule has 0 N–H and O–H groups in total. The van der Waals surface area contributed by atoms with E-state index in [0.717, 1.165) is 22.1 Å². The molecule has 0 radical (unpaired) electrons. The molecule has 0 fully saturated rings. The zero-order valence-corrected chi connectivity index (χ0v) is 17.2. The molecule has 0 aliphatic heterocycles. The van der Waals surface area contributed by atoms with Crippen LogP contribution in [0.2, 0.25) is 0 Å². The molecule has 5 aromatic rings. The van der Waals surface area contributed by atoms with Gasteiger partial charge in [-0.1, -0.05) is 65.7 Å². The number of benzene rings is 3. The molecule has 0 bridgehead atoms. The fraction of sp³-hybridized carbons (Fsp3) is 0.120. The molecule has 0 unspecified atom stereocenters. The van der Waals surface area contributed by atoms with Crippen LogP contribution in [0.4, 0.5) is 0 Å². The lowest BCUT2D eigenvalue weighted by Gasteiger charge is -2.10. The second-order valence-electron chi connectivity index (χ2n) is 7.72. The lowest BCUT2D eigenvalue weighted by Crippen LogP contribution is -2.30. The van der Waals surface area contributed by atoms with Crippen molar-refractivity contribution in [2.45, 2.75) is 20.4 Å². The summed E-state index contributed by atoms with van der Waals surface area (Å²) >= 11 is 0. The Labute approximate surface area is 178 Å². The van der Waals surface area contributed by atoms with Gasteiger partial charge in [0.05, 0.1) is 12.1 Å². The van der Waals surface area contributed by atoms with Crippen molar-refractivity contribution in [1.82, 2.24) is 19.2 Å². The predicted molar refractivity (Wildman–Crippen MR) is 120 cm³/mol. The maximum absolute atomic E-state index is 13.3. The Balaban J connectivity index is 1.69. The van der Waals surface area contributed by atoms with Crippen LogP contribution >= 0.6 is 0 Å². The molecular formula is C25H20N4O2. The number of rotatable bonds is 4. The second kappa shape index (κ2) is 7.32. The summed E-state index contributed by atoms with van der Waals surface area (Å²) in [5, 5.41) is 5.26. The number of carbonyl (C=O) groups is 1. The van der Waals surface area contributed by atoms with E-state index in [0.29, 0.717) is 22.6 Å². The van der Waals surface area contributed by atoms with Crippen LogP contribution in [0.3, 0.4) is 0 Å². The molecule has 0 saturated carbocycles. The van der Waals surface area contributed by atoms with Crippen molar-refractivity contribution in [2.24, 2.45) is 0 Å². The third-order valence-electron chi connectivity index (χ3n) is 5.41. The third kappa shape index (κ3) is 3.32. The summed E-state index contributed by atoms with van der Waals surface area (Å²) in [5.74, 6) is 0.346. The SMILES string of the molecule is Cc1ccc(C(=O)Cn2c(=O)n3nc(-c4cccc(C)c4)nc3c3ccccc32)cc1. The van der Waals surface area contributed by atoms with Gasteiger partial charge < -0.3 is 0 Å². The van der Waals surface area contributed by atoms with Gasteiger partial charge in [-0.2, -0.15) is 4.52 Å². The Morgan fingerprint density at radius 1 is 0.903 bits per heavy atom. The molecule has 6 nitrogen and oxygen atoms in total. The first-order valence-corrected chi connectivity index (χ1v) is 10.1. The minimum absolute atomic E-state index is 0.0714. The van der Waals surface area contributed by atoms with Crippen LogP contribution in [-0.2, 0) is 6.54 Å². The van der Waals surface area contributed by atoms with Gasteiger partial charge in [0.1, 0.15) is 0 Å². The van der Waals surface area contributed by atoms with E-state index in [9.17, 15) is 9.59 Å². The fourth-order valence-corrected chi connectivity index (χ4v) is 3.77. The Bertz CT molecular complexity index is 1510. The van der Waals surface area contributed by atoms with Crippen LogP contribution in [0.5, 0.6) is 0 Å². The van der Waals surface area contributed by atoms with Gasteiger partial charge in [-0.25, -0.2) is 9.78 Å². The van der Waals surface area contributed by atoms with Gasteiger partial charge >= 0.3 is 5.69 Å². The molecule has 5 rings (SSSR count). The van der Waals surface area contributed by atoms with Gasteiger partial charge in [-0.3, -0.25) is 9.36 Å². The monoisotopic (exact) mass is 408 g/mol. The minimum Gasteiger partial charge on any atom is -0.292 e. The highest BCUT2D eigenvalue weighted by atomic mass is 16.2. The van der Waals surface area contributed by atoms with Crippen LogP contribution in [-0.4, -0.2) is 24.9 Å². The van der Waals surface area contributed by atoms with Crippen LogP contribution < -0.4 is 5.69 Å². The number of fused-ring (bicyclic) bond motifs is 3. The normalized spacial score (nSPS) is 11.3. The zero-order chi connectivity index (χ0) is 21.5. The molecule has 2 aromatic heterocycles. The first-order chi connectivity index (χ1) is 15.0. The minimum atomic E-state index is -0.388. The van der Waals surface area contributed by atoms with Gasteiger partial charge in [0.2, 0.25) is 0 Å². The Morgan fingerprint density at radius 3 is 2.45 bits per heavy atom. The number of hydrogen-bond donors (Lipinski definition) is 0. The number of ketones is 1. The summed E-state index contributed by atoms with van der Waals surface area (Å²) in [6.45, 7) is 3.90. The molecule has 0 saturated heterocycles. The van der Waals surface area contributed by atoms with Crippen molar-refractivity contribution < 1.29 is 4.79 Å². The van der Waals surface area contributed by atoms with Gasteiger partial charge in [0.25, 0.3) is 0 Å². The van der Waals surface area contributed by atoms with Gasteiger partial charge in [-0.15, -0.1) is 5.10 Å². The lowest BCUT2D eigenvalue weighted by molar-refractivity contribution is 0.0971. The number of para-hydroxylation sites is 1. The van der Waals surface area contributed by atoms with Crippen molar-refractivity contribution in [3.8, 4) is 11.4 Å². The number of Topliss-reactive ketones (excluding diaryl/α,β-unsaturated/α-hetero) is 1. The summed E-state index contributed by atoms with van der Waals surface area (Å²) in [4.78, 5) is 30.9. The van der Waals surface area contributed by atoms with Crippen LogP contribution in [0.15, 0.2) is 77.6 Å². The van der Waals surface area contributed by atoms with Crippen molar-refractivity contribution >= 4 is 22.3 Å². The molecule has 0 atom stereocenters. The fourth-order valence-electron chi connectivity index (χ4n) is 3.77. The number of hydrogen-bond acceptors (Lipinski definition) is 4. The van der Waals surface area contributed by atoms with Crippen molar-refractivity contribution in [3.05, 3.63) is 100.0 Å². The highest BCUT2D eigenvalue weighted by Crippen LogP contribution is 2.22. The number of aryl methyl sites for hydroxylation is 2. The molecule has 31 heavy (non-hydrogen) atoms. The maximum atomic E-state index is 13.3. The third-order valence-corrected chi connectivity index (χ3v) is 5.41. The number of carbonyl (C=O) groups excluding carboxylic acids is 1. The first-order valence-electron chi connectivity index (χ1n) is 10.1. The van der Waals surface area contributed by atoms with Crippen LogP contribution in [0, 0.1) is 13.8 Å². The van der Waals surface area contributed by atoms with Crippen LogP contribution in [0.25, 0.3) is 27.9 Å². The summed E-state index contributed by atoms with van der Waals surface area (Å²) in [6, 6.07) is 22.7. The Kier molecular flexibility index (Phi) is 4.47. The van der Waals surface area contributed by atoms with E-state index in [-0.39, 0.29) is 18.0 Å². The van der Waals surface area contributed by atoms with Crippen LogP contribution in [0.1, 0.15) is 21.5 Å². The molecule has 0 aliphatic carbocycles. The highest BCUT2D eigenvalue weighted by molar-refractivity contribution is 5.98. The average Bonchev–Trinajstić information content (AvgIpc) is 3.23. The van der Waals surface area contributed by atoms with E-state index >= 15 is 0 Å². The van der Waals surface area contributed by atoms with Gasteiger partial charge in [-0.05, 0) is 32.0 Å². The molecule has 0 aliphatic rings. The topological polar surface area (TPSA) is 69.3 Å². The molecule has 2 heterocycles. The maximum Gasteiger partial charge on any atom is 0.351 e. The standard InChI is InChI=1S/C25H20N4O2/c1-16-10-12-18(13-11-16)22(30)15-28-21-9-4-3-8-20(21)24-26-23(27-29(24)25(28)31)19-7-5-6-17(2)14-19/h3-14H,15H2,1-2H3. The largest absolute Gasteiger partial charge is 0.351 e. The molecule has 152 valence electrons. The quantitative estimate of drug-likeness (QED) is 0.418. The van der Waals surface area contributed by atoms with E-state index in [1.807, 2.05) is 74.5 Å². The van der Waals surface area contributed by atoms with E-state index in [1.54, 1.807) is 12.1 Å². The predicted octanol–water partition coefficient (Wildman–Crippen LogP) is 4.21. The van der Waals surface area contributed by atoms with Crippen molar-refractivity contribution in [3.63, 3.8) is 0 Å². The Hall–Kier alpha value is -4.06. The lowest BCUT2D eigenvalue weighted by atomic mass is 10.1. The number of aromatic nitrogens is 4. The van der Waals surface area contributed by atoms with E-state index in [4.69, 9.17) is 0 Å². The van der Waals surface area contributed by atoms with Gasteiger partial charge in [0, 0.05) is 16.5 Å².